The van der Waals surface area contributed by atoms with Gasteiger partial charge in [-0.3, -0.25) is 4.98 Å². The lowest BCUT2D eigenvalue weighted by Crippen LogP contribution is -2.22. The van der Waals surface area contributed by atoms with E-state index in [9.17, 15) is 13.2 Å². The van der Waals surface area contributed by atoms with Gasteiger partial charge in [0, 0.05) is 25.9 Å². The smallest absolute Gasteiger partial charge is 0.337 e. The minimum Gasteiger partial charge on any atom is -0.478 e. The normalized spacial score (nSPS) is 11.6. The molecule has 6 nitrogen and oxygen atoms in total. The number of pyridine rings is 1. The Morgan fingerprint density at radius 2 is 1.71 bits per heavy atom. The number of hydrogen-bond acceptors (Lipinski definition) is 4. The molecule has 0 saturated heterocycles. The Balaban J connectivity index is 2.33. The first kappa shape index (κ1) is 15.1. The van der Waals surface area contributed by atoms with Crippen molar-refractivity contribution in [3.63, 3.8) is 0 Å². The number of sulfonamides is 1. The number of carboxylic acids is 1. The molecule has 7 heteroatoms. The van der Waals surface area contributed by atoms with E-state index < -0.39 is 16.0 Å². The van der Waals surface area contributed by atoms with Crippen molar-refractivity contribution >= 4 is 16.0 Å². The van der Waals surface area contributed by atoms with Gasteiger partial charge in [-0.2, -0.15) is 0 Å². The second-order valence-corrected chi connectivity index (χ2v) is 6.70. The van der Waals surface area contributed by atoms with Crippen LogP contribution in [-0.2, 0) is 10.0 Å². The average molecular weight is 306 g/mol. The summed E-state index contributed by atoms with van der Waals surface area (Å²) in [6.45, 7) is 0. The summed E-state index contributed by atoms with van der Waals surface area (Å²) < 4.78 is 25.0. The van der Waals surface area contributed by atoms with E-state index >= 15 is 0 Å². The molecule has 0 saturated carbocycles. The molecule has 1 N–H and O–H groups in total. The van der Waals surface area contributed by atoms with Crippen LogP contribution in [0.15, 0.2) is 47.5 Å². The lowest BCUT2D eigenvalue weighted by Gasteiger charge is -2.11. The van der Waals surface area contributed by atoms with E-state index in [0.29, 0.717) is 11.3 Å². The van der Waals surface area contributed by atoms with Crippen molar-refractivity contribution in [3.05, 3.63) is 48.2 Å². The molecule has 1 heterocycles. The zero-order valence-corrected chi connectivity index (χ0v) is 12.3. The summed E-state index contributed by atoms with van der Waals surface area (Å²) >= 11 is 0. The van der Waals surface area contributed by atoms with Gasteiger partial charge in [0.15, 0.2) is 0 Å². The van der Waals surface area contributed by atoms with Gasteiger partial charge in [-0.25, -0.2) is 17.5 Å². The molecule has 0 aliphatic carbocycles. The van der Waals surface area contributed by atoms with Crippen LogP contribution in [0, 0.1) is 0 Å². The first-order valence-corrected chi connectivity index (χ1v) is 7.48. The molecule has 21 heavy (non-hydrogen) atoms. The van der Waals surface area contributed by atoms with Gasteiger partial charge in [-0.05, 0) is 24.3 Å². The van der Waals surface area contributed by atoms with Crippen molar-refractivity contribution in [2.45, 2.75) is 4.90 Å². The summed E-state index contributed by atoms with van der Waals surface area (Å²) in [5, 5.41) is 8.81. The van der Waals surface area contributed by atoms with Crippen LogP contribution in [0.1, 0.15) is 10.4 Å². The van der Waals surface area contributed by atoms with Crippen molar-refractivity contribution in [3.8, 4) is 11.3 Å². The second-order valence-electron chi connectivity index (χ2n) is 4.55. The Labute approximate surface area is 122 Å². The lowest BCUT2D eigenvalue weighted by molar-refractivity contribution is 0.0696. The predicted molar refractivity (Wildman–Crippen MR) is 77.5 cm³/mol. The molecule has 0 aliphatic rings. The van der Waals surface area contributed by atoms with E-state index in [1.807, 2.05) is 0 Å². The van der Waals surface area contributed by atoms with Crippen molar-refractivity contribution < 1.29 is 18.3 Å². The molecule has 0 bridgehead atoms. The first-order valence-electron chi connectivity index (χ1n) is 6.04. The van der Waals surface area contributed by atoms with Crippen LogP contribution in [0.3, 0.4) is 0 Å². The molecule has 2 aromatic rings. The number of carboxylic acid groups (broad SMARTS) is 1. The van der Waals surface area contributed by atoms with E-state index in [2.05, 4.69) is 4.98 Å². The summed E-state index contributed by atoms with van der Waals surface area (Å²) in [7, 11) is -0.523. The van der Waals surface area contributed by atoms with Gasteiger partial charge in [-0.1, -0.05) is 12.1 Å². The van der Waals surface area contributed by atoms with Gasteiger partial charge in [0.1, 0.15) is 0 Å². The minimum absolute atomic E-state index is 0.102. The van der Waals surface area contributed by atoms with Crippen molar-refractivity contribution in [1.82, 2.24) is 9.29 Å². The van der Waals surface area contributed by atoms with E-state index in [0.717, 1.165) is 4.31 Å². The van der Waals surface area contributed by atoms with Crippen LogP contribution in [0.25, 0.3) is 11.3 Å². The fourth-order valence-corrected chi connectivity index (χ4v) is 2.60. The molecule has 0 amide bonds. The number of carbonyl (C=O) groups is 1. The second kappa shape index (κ2) is 5.63. The Morgan fingerprint density at radius 1 is 1.10 bits per heavy atom. The molecule has 0 fully saturated rings. The summed E-state index contributed by atoms with van der Waals surface area (Å²) in [6, 6.07) is 9.31. The summed E-state index contributed by atoms with van der Waals surface area (Å²) in [5.74, 6) is -1.04. The maximum Gasteiger partial charge on any atom is 0.337 e. The Morgan fingerprint density at radius 3 is 2.14 bits per heavy atom. The van der Waals surface area contributed by atoms with Gasteiger partial charge >= 0.3 is 5.97 Å². The molecule has 2 rings (SSSR count). The fraction of sp³-hybridized carbons (Fsp3) is 0.143. The SMILES string of the molecule is CN(C)S(=O)(=O)c1ccc(-c2ccc(C(=O)O)cn2)cc1. The molecule has 1 aromatic carbocycles. The van der Waals surface area contributed by atoms with Crippen molar-refractivity contribution in [2.24, 2.45) is 0 Å². The molecule has 0 aliphatic heterocycles. The largest absolute Gasteiger partial charge is 0.478 e. The van der Waals surface area contributed by atoms with E-state index in [1.165, 1.54) is 38.5 Å². The number of hydrogen-bond donors (Lipinski definition) is 1. The number of nitrogens with zero attached hydrogens (tertiary/aromatic N) is 2. The third kappa shape index (κ3) is 3.09. The minimum atomic E-state index is -3.46. The van der Waals surface area contributed by atoms with Crippen molar-refractivity contribution in [1.29, 1.82) is 0 Å². The van der Waals surface area contributed by atoms with Crippen LogP contribution >= 0.6 is 0 Å². The summed E-state index contributed by atoms with van der Waals surface area (Å²) in [5.41, 5.74) is 1.39. The molecule has 0 spiro atoms. The zero-order valence-electron chi connectivity index (χ0n) is 11.5. The maximum absolute atomic E-state index is 11.9. The van der Waals surface area contributed by atoms with Gasteiger partial charge in [-0.15, -0.1) is 0 Å². The standard InChI is InChI=1S/C14H14N2O4S/c1-16(2)21(19,20)12-6-3-10(4-7-12)13-8-5-11(9-15-13)14(17)18/h3-9H,1-2H3,(H,17,18). The fourth-order valence-electron chi connectivity index (χ4n) is 1.70. The van der Waals surface area contributed by atoms with Crippen LogP contribution in [0.2, 0.25) is 0 Å². The van der Waals surface area contributed by atoms with Crippen LogP contribution in [-0.4, -0.2) is 42.9 Å². The van der Waals surface area contributed by atoms with Crippen LogP contribution < -0.4 is 0 Å². The molecular weight excluding hydrogens is 292 g/mol. The van der Waals surface area contributed by atoms with Crippen molar-refractivity contribution in [2.75, 3.05) is 14.1 Å². The highest BCUT2D eigenvalue weighted by Crippen LogP contribution is 2.21. The highest BCUT2D eigenvalue weighted by Gasteiger charge is 2.16. The first-order chi connectivity index (χ1) is 9.82. The van der Waals surface area contributed by atoms with Crippen LogP contribution in [0.4, 0.5) is 0 Å². The zero-order chi connectivity index (χ0) is 15.6. The van der Waals surface area contributed by atoms with Crippen LogP contribution in [0.5, 0.6) is 0 Å². The van der Waals surface area contributed by atoms with E-state index in [1.54, 1.807) is 18.2 Å². The molecule has 0 radical (unpaired) electrons. The number of benzene rings is 1. The highest BCUT2D eigenvalue weighted by molar-refractivity contribution is 7.89. The number of aromatic nitrogens is 1. The topological polar surface area (TPSA) is 87.6 Å². The Bertz CT molecular complexity index is 751. The molecule has 0 atom stereocenters. The Kier molecular flexibility index (Phi) is 4.06. The highest BCUT2D eigenvalue weighted by atomic mass is 32.2. The third-order valence-corrected chi connectivity index (χ3v) is 4.77. The van der Waals surface area contributed by atoms with Gasteiger partial charge < -0.3 is 5.11 Å². The summed E-state index contributed by atoms with van der Waals surface area (Å²) in [6.07, 6.45) is 1.27. The molecule has 0 unspecified atom stereocenters. The third-order valence-electron chi connectivity index (χ3n) is 2.94. The predicted octanol–water partition coefficient (Wildman–Crippen LogP) is 1.70. The number of rotatable bonds is 4. The van der Waals surface area contributed by atoms with Gasteiger partial charge in [0.05, 0.1) is 16.2 Å². The molecule has 110 valence electrons. The van der Waals surface area contributed by atoms with E-state index in [4.69, 9.17) is 5.11 Å². The quantitative estimate of drug-likeness (QED) is 0.929. The number of aromatic carboxylic acids is 1. The molecule has 1 aromatic heterocycles. The van der Waals surface area contributed by atoms with Gasteiger partial charge in [0.25, 0.3) is 0 Å². The van der Waals surface area contributed by atoms with E-state index in [-0.39, 0.29) is 10.5 Å². The Hall–Kier alpha value is -2.25. The molecular formula is C14H14N2O4S. The monoisotopic (exact) mass is 306 g/mol. The maximum atomic E-state index is 11.9. The summed E-state index contributed by atoms with van der Waals surface area (Å²) in [4.78, 5) is 15.0. The van der Waals surface area contributed by atoms with Gasteiger partial charge in [0.2, 0.25) is 10.0 Å². The average Bonchev–Trinajstić information content (AvgIpc) is 2.47. The lowest BCUT2D eigenvalue weighted by atomic mass is 10.1.